The molecule has 2 aromatic rings. The molecule has 1 spiro atoms. The number of ether oxygens (including phenoxy) is 1. The molecule has 1 aromatic heterocycles. The molecular formula is C16H18N4O4. The van der Waals surface area contributed by atoms with Crippen molar-refractivity contribution in [2.24, 2.45) is 0 Å². The lowest BCUT2D eigenvalue weighted by Gasteiger charge is -2.38. The Kier molecular flexibility index (Phi) is 3.42. The van der Waals surface area contributed by atoms with Crippen molar-refractivity contribution in [2.75, 3.05) is 19.6 Å². The number of aliphatic hydroxyl groups is 1. The highest BCUT2D eigenvalue weighted by Crippen LogP contribution is 2.29. The van der Waals surface area contributed by atoms with E-state index in [1.807, 2.05) is 0 Å². The Morgan fingerprint density at radius 1 is 1.46 bits per heavy atom. The number of nitrogens with zero attached hydrogens (tertiary/aromatic N) is 2. The molecule has 0 aliphatic carbocycles. The Morgan fingerprint density at radius 3 is 3.08 bits per heavy atom. The highest BCUT2D eigenvalue weighted by molar-refractivity contribution is 5.97. The van der Waals surface area contributed by atoms with Crippen molar-refractivity contribution in [3.05, 3.63) is 29.6 Å². The molecule has 2 fully saturated rings. The van der Waals surface area contributed by atoms with Crippen LogP contribution >= 0.6 is 0 Å². The van der Waals surface area contributed by atoms with Gasteiger partial charge in [0, 0.05) is 12.1 Å². The van der Waals surface area contributed by atoms with Crippen molar-refractivity contribution < 1.29 is 19.4 Å². The van der Waals surface area contributed by atoms with Gasteiger partial charge in [0.1, 0.15) is 18.0 Å². The Hall–Kier alpha value is -2.61. The number of aromatic amines is 1. The van der Waals surface area contributed by atoms with E-state index in [2.05, 4.69) is 15.3 Å². The van der Waals surface area contributed by atoms with Crippen molar-refractivity contribution in [2.45, 2.75) is 25.0 Å². The lowest BCUT2D eigenvalue weighted by molar-refractivity contribution is -0.00503. The minimum Gasteiger partial charge on any atom is -0.439 e. The molecule has 2 aliphatic heterocycles. The topological polar surface area (TPSA) is 108 Å². The van der Waals surface area contributed by atoms with Gasteiger partial charge in [-0.05, 0) is 31.0 Å². The number of aliphatic hydroxyl groups excluding tert-OH is 1. The van der Waals surface area contributed by atoms with E-state index >= 15 is 0 Å². The molecule has 4 rings (SSSR count). The Labute approximate surface area is 137 Å². The largest absolute Gasteiger partial charge is 0.439 e. The number of fused-ring (bicyclic) bond motifs is 1. The number of amides is 2. The molecule has 0 radical (unpaired) electrons. The summed E-state index contributed by atoms with van der Waals surface area (Å²) < 4.78 is 5.41. The van der Waals surface area contributed by atoms with Crippen LogP contribution in [0.15, 0.2) is 18.2 Å². The molecule has 1 atom stereocenters. The molecule has 8 nitrogen and oxygen atoms in total. The lowest BCUT2D eigenvalue weighted by Crippen LogP contribution is -2.52. The highest BCUT2D eigenvalue weighted by Gasteiger charge is 2.44. The van der Waals surface area contributed by atoms with E-state index in [1.54, 1.807) is 23.1 Å². The first-order valence-electron chi connectivity index (χ1n) is 7.94. The zero-order chi connectivity index (χ0) is 16.7. The van der Waals surface area contributed by atoms with Crippen LogP contribution in [-0.2, 0) is 11.3 Å². The zero-order valence-electron chi connectivity index (χ0n) is 13.0. The van der Waals surface area contributed by atoms with Gasteiger partial charge in [0.15, 0.2) is 0 Å². The highest BCUT2D eigenvalue weighted by atomic mass is 16.6. The van der Waals surface area contributed by atoms with Crippen molar-refractivity contribution >= 4 is 23.0 Å². The minimum atomic E-state index is -0.604. The molecule has 0 bridgehead atoms. The normalized spacial score (nSPS) is 23.5. The summed E-state index contributed by atoms with van der Waals surface area (Å²) >= 11 is 0. The van der Waals surface area contributed by atoms with Crippen molar-refractivity contribution in [1.82, 2.24) is 20.2 Å². The van der Waals surface area contributed by atoms with Gasteiger partial charge < -0.3 is 25.0 Å². The zero-order valence-corrected chi connectivity index (χ0v) is 13.0. The van der Waals surface area contributed by atoms with Crippen LogP contribution in [0.3, 0.4) is 0 Å². The van der Waals surface area contributed by atoms with E-state index in [0.717, 1.165) is 12.8 Å². The second-order valence-electron chi connectivity index (χ2n) is 6.33. The van der Waals surface area contributed by atoms with Crippen LogP contribution in [0.2, 0.25) is 0 Å². The number of H-pyrrole nitrogens is 1. The van der Waals surface area contributed by atoms with Gasteiger partial charge in [0.25, 0.3) is 5.91 Å². The van der Waals surface area contributed by atoms with Gasteiger partial charge in [0.2, 0.25) is 0 Å². The van der Waals surface area contributed by atoms with Crippen LogP contribution in [0.4, 0.5) is 4.79 Å². The van der Waals surface area contributed by atoms with E-state index < -0.39 is 11.7 Å². The third-order valence-corrected chi connectivity index (χ3v) is 4.62. The smallest absolute Gasteiger partial charge is 0.407 e. The van der Waals surface area contributed by atoms with E-state index in [4.69, 9.17) is 9.84 Å². The fourth-order valence-corrected chi connectivity index (χ4v) is 3.45. The summed E-state index contributed by atoms with van der Waals surface area (Å²) in [5.41, 5.74) is 1.36. The van der Waals surface area contributed by atoms with Crippen LogP contribution < -0.4 is 5.32 Å². The molecule has 2 saturated heterocycles. The van der Waals surface area contributed by atoms with Crippen LogP contribution in [0.25, 0.3) is 11.0 Å². The van der Waals surface area contributed by atoms with Crippen LogP contribution in [0.5, 0.6) is 0 Å². The number of hydrogen-bond acceptors (Lipinski definition) is 5. The quantitative estimate of drug-likeness (QED) is 0.754. The van der Waals surface area contributed by atoms with Gasteiger partial charge in [-0.15, -0.1) is 0 Å². The number of benzene rings is 1. The number of aromatic nitrogens is 2. The number of rotatable bonds is 2. The molecule has 2 amide bonds. The number of hydrogen-bond donors (Lipinski definition) is 3. The summed E-state index contributed by atoms with van der Waals surface area (Å²) in [6, 6.07) is 5.23. The average Bonchev–Trinajstić information content (AvgIpc) is 3.16. The Balaban J connectivity index is 1.57. The second kappa shape index (κ2) is 5.48. The van der Waals surface area contributed by atoms with Crippen molar-refractivity contribution in [3.63, 3.8) is 0 Å². The molecule has 3 N–H and O–H groups in total. The summed E-state index contributed by atoms with van der Waals surface area (Å²) in [5.74, 6) is 0.370. The molecule has 3 heterocycles. The summed E-state index contributed by atoms with van der Waals surface area (Å²) in [6.07, 6.45) is 1.14. The first kappa shape index (κ1) is 14.9. The number of carbonyl (C=O) groups is 2. The molecule has 126 valence electrons. The van der Waals surface area contributed by atoms with Gasteiger partial charge in [-0.25, -0.2) is 9.78 Å². The summed E-state index contributed by atoms with van der Waals surface area (Å²) in [7, 11) is 0. The number of piperidine rings is 1. The molecule has 2 aliphatic rings. The number of carbonyl (C=O) groups excluding carboxylic acids is 2. The summed E-state index contributed by atoms with van der Waals surface area (Å²) in [5, 5.41) is 11.8. The van der Waals surface area contributed by atoms with Crippen molar-refractivity contribution in [1.29, 1.82) is 0 Å². The van der Waals surface area contributed by atoms with Gasteiger partial charge in [-0.3, -0.25) is 4.79 Å². The van der Waals surface area contributed by atoms with E-state index in [9.17, 15) is 9.59 Å². The number of likely N-dealkylation sites (tertiary alicyclic amines) is 1. The Morgan fingerprint density at radius 2 is 2.33 bits per heavy atom. The SMILES string of the molecule is O=C1NCC2(CCCN(C(=O)c3ccc4nc(CO)[nH]c4c3)C2)O1. The van der Waals surface area contributed by atoms with Gasteiger partial charge >= 0.3 is 6.09 Å². The molecular weight excluding hydrogens is 312 g/mol. The summed E-state index contributed by atoms with van der Waals surface area (Å²) in [6.45, 7) is 1.30. The molecule has 24 heavy (non-hydrogen) atoms. The first-order chi connectivity index (χ1) is 11.6. The minimum absolute atomic E-state index is 0.0981. The van der Waals surface area contributed by atoms with E-state index in [1.165, 1.54) is 0 Å². The van der Waals surface area contributed by atoms with Gasteiger partial charge in [0.05, 0.1) is 24.1 Å². The first-order valence-corrected chi connectivity index (χ1v) is 7.94. The number of nitrogens with one attached hydrogen (secondary N) is 2. The van der Waals surface area contributed by atoms with Gasteiger partial charge in [-0.2, -0.15) is 0 Å². The monoisotopic (exact) mass is 330 g/mol. The van der Waals surface area contributed by atoms with Gasteiger partial charge in [-0.1, -0.05) is 0 Å². The molecule has 0 saturated carbocycles. The predicted octanol–water partition coefficient (Wildman–Crippen LogP) is 0.770. The summed E-state index contributed by atoms with van der Waals surface area (Å²) in [4.78, 5) is 33.1. The fraction of sp³-hybridized carbons (Fsp3) is 0.438. The average molecular weight is 330 g/mol. The van der Waals surface area contributed by atoms with Crippen molar-refractivity contribution in [3.8, 4) is 0 Å². The maximum Gasteiger partial charge on any atom is 0.407 e. The molecule has 8 heteroatoms. The maximum absolute atomic E-state index is 12.8. The standard InChI is InChI=1S/C16H18N4O4/c21-7-13-18-11-3-2-10(6-12(11)19-13)14(22)20-5-1-4-16(9-20)8-17-15(23)24-16/h2-3,6,21H,1,4-5,7-9H2,(H,17,23)(H,18,19). The third-order valence-electron chi connectivity index (χ3n) is 4.62. The Bertz CT molecular complexity index is 818. The fourth-order valence-electron chi connectivity index (χ4n) is 3.45. The maximum atomic E-state index is 12.8. The second-order valence-corrected chi connectivity index (χ2v) is 6.33. The van der Waals surface area contributed by atoms with Crippen LogP contribution in [0, 0.1) is 0 Å². The predicted molar refractivity (Wildman–Crippen MR) is 84.4 cm³/mol. The molecule has 1 aromatic carbocycles. The van der Waals surface area contributed by atoms with Crippen LogP contribution in [0.1, 0.15) is 29.0 Å². The third kappa shape index (κ3) is 2.48. The lowest BCUT2D eigenvalue weighted by atomic mass is 9.92. The van der Waals surface area contributed by atoms with E-state index in [0.29, 0.717) is 42.1 Å². The molecule has 1 unspecified atom stereocenters. The van der Waals surface area contributed by atoms with Crippen LogP contribution in [-0.4, -0.2) is 57.2 Å². The number of alkyl carbamates (subject to hydrolysis) is 1. The number of imidazole rings is 1. The van der Waals surface area contributed by atoms with E-state index in [-0.39, 0.29) is 12.5 Å².